The third kappa shape index (κ3) is 4.60. The van der Waals surface area contributed by atoms with Crippen LogP contribution >= 0.6 is 23.4 Å². The van der Waals surface area contributed by atoms with Crippen LogP contribution in [0.5, 0.6) is 5.75 Å². The van der Waals surface area contributed by atoms with Crippen molar-refractivity contribution in [2.45, 2.75) is 37.9 Å². The van der Waals surface area contributed by atoms with Gasteiger partial charge in [-0.1, -0.05) is 29.4 Å². The molecule has 0 unspecified atom stereocenters. The fourth-order valence-corrected chi connectivity index (χ4v) is 4.26. The number of rotatable bonds is 7. The molecule has 0 aliphatic rings. The van der Waals surface area contributed by atoms with E-state index in [1.165, 1.54) is 30.0 Å². The zero-order valence-electron chi connectivity index (χ0n) is 17.0. The molecule has 160 valence electrons. The second kappa shape index (κ2) is 9.11. The molecule has 0 saturated heterocycles. The minimum Gasteiger partial charge on any atom is -0.486 e. The molecule has 0 saturated carbocycles. The average molecular weight is 459 g/mol. The van der Waals surface area contributed by atoms with Gasteiger partial charge in [0.15, 0.2) is 16.4 Å². The highest BCUT2D eigenvalue weighted by atomic mass is 35.5. The van der Waals surface area contributed by atoms with E-state index < -0.39 is 5.82 Å². The van der Waals surface area contributed by atoms with Crippen molar-refractivity contribution in [2.75, 3.05) is 0 Å². The van der Waals surface area contributed by atoms with E-state index in [4.69, 9.17) is 16.3 Å². The second-order valence-corrected chi connectivity index (χ2v) is 8.30. The van der Waals surface area contributed by atoms with Crippen molar-refractivity contribution in [2.24, 2.45) is 0 Å². The Morgan fingerprint density at radius 1 is 1.23 bits per heavy atom. The normalized spacial score (nSPS) is 11.2. The van der Waals surface area contributed by atoms with E-state index in [1.54, 1.807) is 12.1 Å². The fraction of sp³-hybridized carbons (Fsp3) is 0.227. The van der Waals surface area contributed by atoms with Gasteiger partial charge in [-0.2, -0.15) is 0 Å². The lowest BCUT2D eigenvalue weighted by molar-refractivity contribution is 0.288. The third-order valence-corrected chi connectivity index (χ3v) is 6.27. The molecular formula is C22H20ClFN4O2S. The maximum atomic E-state index is 14.1. The molecule has 9 heteroatoms. The molecule has 31 heavy (non-hydrogen) atoms. The van der Waals surface area contributed by atoms with Gasteiger partial charge in [-0.3, -0.25) is 4.79 Å². The van der Waals surface area contributed by atoms with Crippen LogP contribution in [0.25, 0.3) is 10.9 Å². The van der Waals surface area contributed by atoms with Crippen LogP contribution in [-0.2, 0) is 18.9 Å². The summed E-state index contributed by atoms with van der Waals surface area (Å²) in [6.45, 7) is 4.84. The number of aryl methyl sites for hydroxylation is 1. The van der Waals surface area contributed by atoms with E-state index in [-0.39, 0.29) is 17.6 Å². The minimum absolute atomic E-state index is 0.215. The molecule has 0 bridgehead atoms. The van der Waals surface area contributed by atoms with Gasteiger partial charge in [-0.25, -0.2) is 4.39 Å². The zero-order valence-corrected chi connectivity index (χ0v) is 18.6. The number of pyridine rings is 1. The Bertz CT molecular complexity index is 1300. The van der Waals surface area contributed by atoms with E-state index in [9.17, 15) is 9.18 Å². The standard InChI is InChI=1S/C22H20ClFN4O2S/c1-3-28-20(11-30-15-7-8-17(23)13(2)9-15)26-27-22(28)31-12-14-10-19(29)16-5-4-6-18(24)21(16)25-14/h4-10H,3,11-12H2,1-2H3,(H,25,29). The van der Waals surface area contributed by atoms with Crippen molar-refractivity contribution in [3.05, 3.63) is 80.6 Å². The first-order chi connectivity index (χ1) is 15.0. The summed E-state index contributed by atoms with van der Waals surface area (Å²) in [5, 5.41) is 10.2. The lowest BCUT2D eigenvalue weighted by atomic mass is 10.2. The smallest absolute Gasteiger partial charge is 0.191 e. The van der Waals surface area contributed by atoms with Crippen LogP contribution in [0.15, 0.2) is 52.4 Å². The highest BCUT2D eigenvalue weighted by Gasteiger charge is 2.14. The zero-order chi connectivity index (χ0) is 22.0. The first-order valence-corrected chi connectivity index (χ1v) is 11.1. The Kier molecular flexibility index (Phi) is 6.29. The number of hydrogen-bond donors (Lipinski definition) is 1. The molecule has 4 aromatic rings. The molecule has 0 radical (unpaired) electrons. The highest BCUT2D eigenvalue weighted by molar-refractivity contribution is 7.98. The van der Waals surface area contributed by atoms with Gasteiger partial charge < -0.3 is 14.3 Å². The number of para-hydroxylation sites is 1. The highest BCUT2D eigenvalue weighted by Crippen LogP contribution is 2.24. The molecule has 0 fully saturated rings. The van der Waals surface area contributed by atoms with Crippen molar-refractivity contribution >= 4 is 34.3 Å². The predicted octanol–water partition coefficient (Wildman–Crippen LogP) is 5.11. The summed E-state index contributed by atoms with van der Waals surface area (Å²) in [7, 11) is 0. The van der Waals surface area contributed by atoms with Crippen LogP contribution in [0, 0.1) is 12.7 Å². The van der Waals surface area contributed by atoms with Gasteiger partial charge in [0.2, 0.25) is 0 Å². The lowest BCUT2D eigenvalue weighted by Crippen LogP contribution is -2.08. The summed E-state index contributed by atoms with van der Waals surface area (Å²) in [5.74, 6) is 1.37. The van der Waals surface area contributed by atoms with Crippen molar-refractivity contribution in [1.82, 2.24) is 19.7 Å². The minimum atomic E-state index is -0.449. The van der Waals surface area contributed by atoms with E-state index in [0.29, 0.717) is 45.1 Å². The molecule has 2 heterocycles. The first-order valence-electron chi connectivity index (χ1n) is 9.70. The van der Waals surface area contributed by atoms with Crippen LogP contribution in [-0.4, -0.2) is 19.7 Å². The molecule has 0 aliphatic heterocycles. The van der Waals surface area contributed by atoms with Crippen LogP contribution < -0.4 is 10.2 Å². The summed E-state index contributed by atoms with van der Waals surface area (Å²) in [4.78, 5) is 15.3. The largest absolute Gasteiger partial charge is 0.486 e. The van der Waals surface area contributed by atoms with Crippen LogP contribution in [0.1, 0.15) is 24.0 Å². The second-order valence-electron chi connectivity index (χ2n) is 6.95. The number of thioether (sulfide) groups is 1. The molecule has 0 aliphatic carbocycles. The summed E-state index contributed by atoms with van der Waals surface area (Å²) in [6, 6.07) is 11.4. The van der Waals surface area contributed by atoms with E-state index >= 15 is 0 Å². The molecule has 2 aromatic heterocycles. The fourth-order valence-electron chi connectivity index (χ4n) is 3.21. The molecule has 1 N–H and O–H groups in total. The molecule has 2 aromatic carbocycles. The van der Waals surface area contributed by atoms with Crippen LogP contribution in [0.3, 0.4) is 0 Å². The molecular weight excluding hydrogens is 439 g/mol. The number of aromatic nitrogens is 4. The van der Waals surface area contributed by atoms with Gasteiger partial charge in [0.1, 0.15) is 18.2 Å². The Morgan fingerprint density at radius 3 is 2.84 bits per heavy atom. The molecule has 0 atom stereocenters. The number of nitrogens with zero attached hydrogens (tertiary/aromatic N) is 3. The summed E-state index contributed by atoms with van der Waals surface area (Å²) in [6.07, 6.45) is 0. The number of aromatic amines is 1. The Morgan fingerprint density at radius 2 is 2.06 bits per heavy atom. The SMILES string of the molecule is CCn1c(COc2ccc(Cl)c(C)c2)nnc1SCc1cc(=O)c2cccc(F)c2[nH]1. The first kappa shape index (κ1) is 21.4. The number of benzene rings is 2. The van der Waals surface area contributed by atoms with E-state index in [0.717, 1.165) is 5.56 Å². The van der Waals surface area contributed by atoms with Crippen LogP contribution in [0.2, 0.25) is 5.02 Å². The maximum absolute atomic E-state index is 14.1. The molecule has 0 spiro atoms. The number of nitrogens with one attached hydrogen (secondary N) is 1. The van der Waals surface area contributed by atoms with Crippen LogP contribution in [0.4, 0.5) is 4.39 Å². The summed E-state index contributed by atoms with van der Waals surface area (Å²) < 4.78 is 21.9. The Labute approximate surface area is 187 Å². The quantitative estimate of drug-likeness (QED) is 0.389. The Balaban J connectivity index is 1.49. The number of fused-ring (bicyclic) bond motifs is 1. The van der Waals surface area contributed by atoms with Gasteiger partial charge in [-0.15, -0.1) is 10.2 Å². The maximum Gasteiger partial charge on any atom is 0.191 e. The molecule has 0 amide bonds. The van der Waals surface area contributed by atoms with Crippen molar-refractivity contribution in [1.29, 1.82) is 0 Å². The number of ether oxygens (including phenoxy) is 1. The monoisotopic (exact) mass is 458 g/mol. The van der Waals surface area contributed by atoms with Gasteiger partial charge in [0.25, 0.3) is 0 Å². The number of hydrogen-bond acceptors (Lipinski definition) is 5. The summed E-state index contributed by atoms with van der Waals surface area (Å²) >= 11 is 7.48. The molecule has 4 rings (SSSR count). The van der Waals surface area contributed by atoms with Crippen molar-refractivity contribution in [3.8, 4) is 5.75 Å². The van der Waals surface area contributed by atoms with E-state index in [1.807, 2.05) is 30.5 Å². The van der Waals surface area contributed by atoms with Crippen molar-refractivity contribution < 1.29 is 9.13 Å². The predicted molar refractivity (Wildman–Crippen MR) is 120 cm³/mol. The van der Waals surface area contributed by atoms with Gasteiger partial charge in [0, 0.05) is 34.5 Å². The third-order valence-electron chi connectivity index (χ3n) is 4.83. The van der Waals surface area contributed by atoms with Gasteiger partial charge in [0.05, 0.1) is 5.52 Å². The number of H-pyrrole nitrogens is 1. The topological polar surface area (TPSA) is 72.8 Å². The van der Waals surface area contributed by atoms with E-state index in [2.05, 4.69) is 15.2 Å². The lowest BCUT2D eigenvalue weighted by Gasteiger charge is -2.10. The Hall–Kier alpha value is -2.84. The summed E-state index contributed by atoms with van der Waals surface area (Å²) in [5.41, 5.74) is 1.56. The van der Waals surface area contributed by atoms with Crippen molar-refractivity contribution in [3.63, 3.8) is 0 Å². The number of halogens is 2. The van der Waals surface area contributed by atoms with Gasteiger partial charge >= 0.3 is 0 Å². The van der Waals surface area contributed by atoms with Gasteiger partial charge in [-0.05, 0) is 49.7 Å². The molecule has 6 nitrogen and oxygen atoms in total. The average Bonchev–Trinajstić information content (AvgIpc) is 3.15.